The maximum absolute atomic E-state index is 9.54. The molecule has 1 heterocycles. The van der Waals surface area contributed by atoms with E-state index in [1.165, 1.54) is 12.3 Å². The fraction of sp³-hybridized carbons (Fsp3) is 0.375. The number of aromatic nitrogens is 1. The molecule has 0 amide bonds. The third kappa shape index (κ3) is 2.56. The van der Waals surface area contributed by atoms with Crippen molar-refractivity contribution < 1.29 is 10.2 Å². The highest BCUT2D eigenvalue weighted by atomic mass is 35.5. The molecular formula is C8H10Cl2N2O2. The van der Waals surface area contributed by atoms with Crippen LogP contribution in [0, 0.1) is 0 Å². The number of hydrogen-bond donors (Lipinski definition) is 3. The summed E-state index contributed by atoms with van der Waals surface area (Å²) in [6.45, 7) is -0.0677. The monoisotopic (exact) mass is 236 g/mol. The highest BCUT2D eigenvalue weighted by molar-refractivity contribution is 6.34. The van der Waals surface area contributed by atoms with Crippen molar-refractivity contribution in [3.05, 3.63) is 28.0 Å². The Hall–Kier alpha value is -0.390. The van der Waals surface area contributed by atoms with Crippen molar-refractivity contribution in [1.82, 2.24) is 4.98 Å². The van der Waals surface area contributed by atoms with E-state index in [4.69, 9.17) is 28.9 Å². The summed E-state index contributed by atoms with van der Waals surface area (Å²) < 4.78 is 0. The van der Waals surface area contributed by atoms with Crippen LogP contribution in [0.25, 0.3) is 0 Å². The Morgan fingerprint density at radius 3 is 2.57 bits per heavy atom. The van der Waals surface area contributed by atoms with Crippen LogP contribution in [-0.2, 0) is 0 Å². The lowest BCUT2D eigenvalue weighted by Gasteiger charge is -2.16. The van der Waals surface area contributed by atoms with Gasteiger partial charge in [0.1, 0.15) is 6.10 Å². The minimum absolute atomic E-state index is 0.0677. The first-order valence-electron chi connectivity index (χ1n) is 3.93. The summed E-state index contributed by atoms with van der Waals surface area (Å²) in [6, 6.07) is 1.44. The number of pyridine rings is 1. The number of hydrogen-bond acceptors (Lipinski definition) is 4. The Labute approximate surface area is 91.3 Å². The van der Waals surface area contributed by atoms with Gasteiger partial charge in [-0.1, -0.05) is 23.2 Å². The van der Waals surface area contributed by atoms with E-state index in [9.17, 15) is 10.2 Å². The smallest absolute Gasteiger partial charge is 0.124 e. The first-order chi connectivity index (χ1) is 6.56. The molecule has 78 valence electrons. The predicted octanol–water partition coefficient (Wildman–Crippen LogP) is 0.741. The van der Waals surface area contributed by atoms with Gasteiger partial charge in [-0.2, -0.15) is 0 Å². The van der Waals surface area contributed by atoms with Crippen LogP contribution < -0.4 is 5.73 Å². The Morgan fingerprint density at radius 1 is 1.43 bits per heavy atom. The molecule has 0 saturated carbocycles. The number of halogens is 2. The van der Waals surface area contributed by atoms with Gasteiger partial charge >= 0.3 is 0 Å². The van der Waals surface area contributed by atoms with E-state index in [-0.39, 0.29) is 17.3 Å². The van der Waals surface area contributed by atoms with Crippen LogP contribution >= 0.6 is 23.2 Å². The Morgan fingerprint density at radius 2 is 2.07 bits per heavy atom. The van der Waals surface area contributed by atoms with Gasteiger partial charge in [-0.3, -0.25) is 4.98 Å². The lowest BCUT2D eigenvalue weighted by Crippen LogP contribution is -2.27. The molecule has 0 aliphatic rings. The van der Waals surface area contributed by atoms with E-state index in [1.807, 2.05) is 0 Å². The number of nitrogens with zero attached hydrogens (tertiary/aromatic N) is 1. The zero-order chi connectivity index (χ0) is 10.7. The molecule has 4 N–H and O–H groups in total. The molecule has 1 aromatic rings. The Kier molecular flexibility index (Phi) is 4.10. The van der Waals surface area contributed by atoms with Gasteiger partial charge in [0.15, 0.2) is 0 Å². The van der Waals surface area contributed by atoms with Gasteiger partial charge in [0.05, 0.1) is 21.8 Å². The minimum Gasteiger partial charge on any atom is -0.389 e. The highest BCUT2D eigenvalue weighted by Crippen LogP contribution is 2.25. The summed E-state index contributed by atoms with van der Waals surface area (Å²) in [6.07, 6.45) is -0.930. The van der Waals surface area contributed by atoms with Crippen molar-refractivity contribution in [3.63, 3.8) is 0 Å². The first-order valence-corrected chi connectivity index (χ1v) is 4.69. The van der Waals surface area contributed by atoms with Crippen LogP contribution in [0.3, 0.4) is 0 Å². The van der Waals surface area contributed by atoms with Gasteiger partial charge in [-0.25, -0.2) is 0 Å². The fourth-order valence-corrected chi connectivity index (χ4v) is 1.45. The van der Waals surface area contributed by atoms with Gasteiger partial charge in [0.25, 0.3) is 0 Å². The molecule has 0 aliphatic carbocycles. The van der Waals surface area contributed by atoms with Crippen molar-refractivity contribution in [3.8, 4) is 0 Å². The zero-order valence-corrected chi connectivity index (χ0v) is 8.70. The third-order valence-corrected chi connectivity index (χ3v) is 2.23. The fourth-order valence-electron chi connectivity index (χ4n) is 0.954. The largest absolute Gasteiger partial charge is 0.389 e. The Bertz CT molecular complexity index is 322. The van der Waals surface area contributed by atoms with Crippen molar-refractivity contribution in [2.45, 2.75) is 12.2 Å². The second kappa shape index (κ2) is 4.91. The molecule has 0 aromatic carbocycles. The molecular weight excluding hydrogens is 227 g/mol. The minimum atomic E-state index is -1.19. The molecule has 2 atom stereocenters. The number of aliphatic hydroxyl groups is 2. The number of aliphatic hydroxyl groups excluding tert-OH is 2. The summed E-state index contributed by atoms with van der Waals surface area (Å²) in [5.41, 5.74) is 5.36. The zero-order valence-electron chi connectivity index (χ0n) is 7.19. The lowest BCUT2D eigenvalue weighted by molar-refractivity contribution is 0.0218. The lowest BCUT2D eigenvalue weighted by atomic mass is 10.1. The molecule has 0 aliphatic heterocycles. The molecule has 0 radical (unpaired) electrons. The molecule has 0 fully saturated rings. The molecule has 0 bridgehead atoms. The standard InChI is InChI=1S/C8H10Cl2N2O2/c9-4-1-5(10)7(12-3-4)8(14)6(13)2-11/h1,3,6,8,13-14H,2,11H2. The molecule has 4 nitrogen and oxygen atoms in total. The van der Waals surface area contributed by atoms with E-state index < -0.39 is 12.2 Å². The molecule has 14 heavy (non-hydrogen) atoms. The van der Waals surface area contributed by atoms with Crippen molar-refractivity contribution >= 4 is 23.2 Å². The summed E-state index contributed by atoms with van der Waals surface area (Å²) in [7, 11) is 0. The van der Waals surface area contributed by atoms with E-state index in [2.05, 4.69) is 4.98 Å². The van der Waals surface area contributed by atoms with E-state index in [0.29, 0.717) is 5.02 Å². The van der Waals surface area contributed by atoms with E-state index in [0.717, 1.165) is 0 Å². The summed E-state index contributed by atoms with van der Waals surface area (Å²) in [4.78, 5) is 3.82. The quantitative estimate of drug-likeness (QED) is 0.724. The second-order valence-corrected chi connectivity index (χ2v) is 3.61. The topological polar surface area (TPSA) is 79.4 Å². The molecule has 0 saturated heterocycles. The van der Waals surface area contributed by atoms with Crippen molar-refractivity contribution in [1.29, 1.82) is 0 Å². The maximum Gasteiger partial charge on any atom is 0.124 e. The second-order valence-electron chi connectivity index (χ2n) is 2.77. The normalized spacial score (nSPS) is 15.2. The summed E-state index contributed by atoms with van der Waals surface area (Å²) in [5.74, 6) is 0. The molecule has 1 rings (SSSR count). The van der Waals surface area contributed by atoms with Crippen LogP contribution in [0.2, 0.25) is 10.0 Å². The van der Waals surface area contributed by atoms with Gasteiger partial charge in [0.2, 0.25) is 0 Å². The van der Waals surface area contributed by atoms with Crippen molar-refractivity contribution in [2.24, 2.45) is 5.73 Å². The summed E-state index contributed by atoms with van der Waals surface area (Å²) in [5, 5.41) is 19.4. The molecule has 2 unspecified atom stereocenters. The van der Waals surface area contributed by atoms with E-state index in [1.54, 1.807) is 0 Å². The van der Waals surface area contributed by atoms with Gasteiger partial charge in [-0.15, -0.1) is 0 Å². The first kappa shape index (κ1) is 11.7. The van der Waals surface area contributed by atoms with Crippen molar-refractivity contribution in [2.75, 3.05) is 6.54 Å². The summed E-state index contributed by atoms with van der Waals surface area (Å²) >= 11 is 11.4. The number of rotatable bonds is 3. The maximum atomic E-state index is 9.54. The van der Waals surface area contributed by atoms with Crippen LogP contribution in [0.5, 0.6) is 0 Å². The number of nitrogens with two attached hydrogens (primary N) is 1. The van der Waals surface area contributed by atoms with Crippen LogP contribution in [-0.4, -0.2) is 27.8 Å². The van der Waals surface area contributed by atoms with Gasteiger partial charge in [0, 0.05) is 12.7 Å². The third-order valence-electron chi connectivity index (χ3n) is 1.72. The molecule has 0 spiro atoms. The highest BCUT2D eigenvalue weighted by Gasteiger charge is 2.20. The van der Waals surface area contributed by atoms with Crippen LogP contribution in [0.15, 0.2) is 12.3 Å². The average Bonchev–Trinajstić information content (AvgIpc) is 2.15. The average molecular weight is 237 g/mol. The predicted molar refractivity (Wildman–Crippen MR) is 54.3 cm³/mol. The van der Waals surface area contributed by atoms with Gasteiger partial charge < -0.3 is 15.9 Å². The Balaban J connectivity index is 2.95. The van der Waals surface area contributed by atoms with Gasteiger partial charge in [-0.05, 0) is 6.07 Å². The van der Waals surface area contributed by atoms with Crippen LogP contribution in [0.4, 0.5) is 0 Å². The molecule has 1 aromatic heterocycles. The van der Waals surface area contributed by atoms with E-state index >= 15 is 0 Å². The molecule has 6 heteroatoms. The van der Waals surface area contributed by atoms with Crippen LogP contribution in [0.1, 0.15) is 11.8 Å². The SMILES string of the molecule is NCC(O)C(O)c1ncc(Cl)cc1Cl.